The molecule has 78 valence electrons. The van der Waals surface area contributed by atoms with Crippen LogP contribution in [0.15, 0.2) is 24.5 Å². The largest absolute Gasteiger partial charge is 0.468 e. The first kappa shape index (κ1) is 11.2. The summed E-state index contributed by atoms with van der Waals surface area (Å²) in [6.07, 6.45) is 8.36. The van der Waals surface area contributed by atoms with Crippen LogP contribution in [-0.4, -0.2) is 24.6 Å². The fourth-order valence-corrected chi connectivity index (χ4v) is 1.16. The average Bonchev–Trinajstić information content (AvgIpc) is 2.30. The molecule has 1 heterocycles. The molecule has 0 fully saturated rings. The normalized spacial score (nSPS) is 11.5. The van der Waals surface area contributed by atoms with Crippen molar-refractivity contribution in [1.82, 2.24) is 10.3 Å². The minimum Gasteiger partial charge on any atom is -0.468 e. The van der Waals surface area contributed by atoms with E-state index in [4.69, 9.17) is 6.42 Å². The summed E-state index contributed by atoms with van der Waals surface area (Å²) in [4.78, 5) is 15.4. The fourth-order valence-electron chi connectivity index (χ4n) is 1.16. The molecule has 0 aromatic carbocycles. The first-order chi connectivity index (χ1) is 7.29. The Bertz CT molecular complexity index is 357. The van der Waals surface area contributed by atoms with Crippen LogP contribution in [0.1, 0.15) is 11.6 Å². The molecular formula is C11H12N2O2. The van der Waals surface area contributed by atoms with Crippen LogP contribution in [-0.2, 0) is 9.53 Å². The van der Waals surface area contributed by atoms with Crippen molar-refractivity contribution in [2.75, 3.05) is 13.7 Å². The lowest BCUT2D eigenvalue weighted by Crippen LogP contribution is -2.29. The predicted molar refractivity (Wildman–Crippen MR) is 55.8 cm³/mol. The monoisotopic (exact) mass is 204 g/mol. The molecule has 0 saturated carbocycles. The maximum atomic E-state index is 11.4. The number of aromatic nitrogens is 1. The second-order valence-corrected chi connectivity index (χ2v) is 2.83. The van der Waals surface area contributed by atoms with E-state index in [0.717, 1.165) is 5.56 Å². The van der Waals surface area contributed by atoms with E-state index in [9.17, 15) is 4.79 Å². The number of nitrogens with one attached hydrogen (secondary N) is 1. The molecule has 4 nitrogen and oxygen atoms in total. The van der Waals surface area contributed by atoms with Crippen LogP contribution in [0.4, 0.5) is 0 Å². The minimum atomic E-state index is -0.556. The van der Waals surface area contributed by atoms with Gasteiger partial charge in [-0.3, -0.25) is 10.3 Å². The van der Waals surface area contributed by atoms with E-state index in [1.165, 1.54) is 7.11 Å². The van der Waals surface area contributed by atoms with E-state index in [1.807, 2.05) is 0 Å². The van der Waals surface area contributed by atoms with Crippen LogP contribution in [0.2, 0.25) is 0 Å². The summed E-state index contributed by atoms with van der Waals surface area (Å²) in [5, 5.41) is 2.89. The minimum absolute atomic E-state index is 0.300. The van der Waals surface area contributed by atoms with Gasteiger partial charge in [0, 0.05) is 12.4 Å². The molecule has 0 saturated heterocycles. The van der Waals surface area contributed by atoms with Gasteiger partial charge in [-0.25, -0.2) is 4.79 Å². The third-order valence-electron chi connectivity index (χ3n) is 1.86. The fraction of sp³-hybridized carbons (Fsp3) is 0.273. The van der Waals surface area contributed by atoms with Crippen LogP contribution in [0, 0.1) is 12.3 Å². The number of rotatable bonds is 4. The van der Waals surface area contributed by atoms with Gasteiger partial charge in [0.15, 0.2) is 0 Å². The van der Waals surface area contributed by atoms with Crippen molar-refractivity contribution in [3.05, 3.63) is 30.1 Å². The van der Waals surface area contributed by atoms with Gasteiger partial charge in [-0.2, -0.15) is 0 Å². The maximum Gasteiger partial charge on any atom is 0.327 e. The van der Waals surface area contributed by atoms with Gasteiger partial charge in [0.2, 0.25) is 0 Å². The molecule has 4 heteroatoms. The average molecular weight is 204 g/mol. The second kappa shape index (κ2) is 5.78. The molecule has 1 N–H and O–H groups in total. The molecule has 0 aliphatic carbocycles. The van der Waals surface area contributed by atoms with Crippen molar-refractivity contribution >= 4 is 5.97 Å². The predicted octanol–water partition coefficient (Wildman–Crippen LogP) is 0.518. The highest BCUT2D eigenvalue weighted by Gasteiger charge is 2.19. The molecule has 0 aliphatic heterocycles. The second-order valence-electron chi connectivity index (χ2n) is 2.83. The number of pyridine rings is 1. The SMILES string of the molecule is C#CCNC(C(=O)OC)c1cccnc1. The lowest BCUT2D eigenvalue weighted by atomic mass is 10.1. The summed E-state index contributed by atoms with van der Waals surface area (Å²) in [5.41, 5.74) is 0.736. The molecule has 1 aromatic heterocycles. The smallest absolute Gasteiger partial charge is 0.327 e. The molecule has 0 bridgehead atoms. The van der Waals surface area contributed by atoms with E-state index in [-0.39, 0.29) is 5.97 Å². The highest BCUT2D eigenvalue weighted by atomic mass is 16.5. The lowest BCUT2D eigenvalue weighted by molar-refractivity contribution is -0.143. The number of hydrogen-bond donors (Lipinski definition) is 1. The molecule has 1 aromatic rings. The van der Waals surface area contributed by atoms with Gasteiger partial charge < -0.3 is 4.74 Å². The van der Waals surface area contributed by atoms with Crippen molar-refractivity contribution in [2.24, 2.45) is 0 Å². The van der Waals surface area contributed by atoms with Crippen molar-refractivity contribution in [1.29, 1.82) is 0 Å². The van der Waals surface area contributed by atoms with E-state index in [2.05, 4.69) is 21.0 Å². The molecule has 1 rings (SSSR count). The van der Waals surface area contributed by atoms with Gasteiger partial charge in [0.1, 0.15) is 6.04 Å². The summed E-state index contributed by atoms with van der Waals surface area (Å²) < 4.78 is 4.67. The van der Waals surface area contributed by atoms with Gasteiger partial charge in [0.05, 0.1) is 13.7 Å². The van der Waals surface area contributed by atoms with E-state index >= 15 is 0 Å². The highest BCUT2D eigenvalue weighted by molar-refractivity contribution is 5.77. The van der Waals surface area contributed by atoms with Crippen molar-refractivity contribution in [3.8, 4) is 12.3 Å². The molecule has 0 aliphatic rings. The third-order valence-corrected chi connectivity index (χ3v) is 1.86. The van der Waals surface area contributed by atoms with Gasteiger partial charge in [-0.1, -0.05) is 12.0 Å². The Kier molecular flexibility index (Phi) is 4.32. The molecule has 0 spiro atoms. The summed E-state index contributed by atoms with van der Waals surface area (Å²) in [5.74, 6) is 2.03. The van der Waals surface area contributed by atoms with Gasteiger partial charge in [-0.05, 0) is 11.6 Å². The Morgan fingerprint density at radius 1 is 1.80 bits per heavy atom. The zero-order valence-corrected chi connectivity index (χ0v) is 8.43. The molecule has 0 radical (unpaired) electrons. The van der Waals surface area contributed by atoms with Crippen molar-refractivity contribution < 1.29 is 9.53 Å². The van der Waals surface area contributed by atoms with Crippen LogP contribution in [0.25, 0.3) is 0 Å². The topological polar surface area (TPSA) is 51.2 Å². The van der Waals surface area contributed by atoms with Crippen LogP contribution in [0.3, 0.4) is 0 Å². The maximum absolute atomic E-state index is 11.4. The summed E-state index contributed by atoms with van der Waals surface area (Å²) >= 11 is 0. The third kappa shape index (κ3) is 3.08. The first-order valence-corrected chi connectivity index (χ1v) is 4.44. The Morgan fingerprint density at radius 3 is 3.13 bits per heavy atom. The quantitative estimate of drug-likeness (QED) is 0.574. The Hall–Kier alpha value is -1.86. The number of nitrogens with zero attached hydrogens (tertiary/aromatic N) is 1. The summed E-state index contributed by atoms with van der Waals surface area (Å²) in [7, 11) is 1.34. The van der Waals surface area contributed by atoms with Crippen LogP contribution < -0.4 is 5.32 Å². The molecule has 1 atom stereocenters. The van der Waals surface area contributed by atoms with E-state index in [1.54, 1.807) is 24.5 Å². The standard InChI is InChI=1S/C11H12N2O2/c1-3-6-13-10(11(14)15-2)9-5-4-7-12-8-9/h1,4-5,7-8,10,13H,6H2,2H3. The van der Waals surface area contributed by atoms with Crippen LogP contribution in [0.5, 0.6) is 0 Å². The Morgan fingerprint density at radius 2 is 2.60 bits per heavy atom. The highest BCUT2D eigenvalue weighted by Crippen LogP contribution is 2.12. The van der Waals surface area contributed by atoms with E-state index in [0.29, 0.717) is 6.54 Å². The lowest BCUT2D eigenvalue weighted by Gasteiger charge is -2.14. The zero-order chi connectivity index (χ0) is 11.1. The van der Waals surface area contributed by atoms with Gasteiger partial charge >= 0.3 is 5.97 Å². The van der Waals surface area contributed by atoms with E-state index < -0.39 is 6.04 Å². The number of esters is 1. The molecule has 15 heavy (non-hydrogen) atoms. The summed E-state index contributed by atoms with van der Waals surface area (Å²) in [6.45, 7) is 0.300. The van der Waals surface area contributed by atoms with Gasteiger partial charge in [-0.15, -0.1) is 6.42 Å². The number of carbonyl (C=O) groups is 1. The van der Waals surface area contributed by atoms with Crippen LogP contribution >= 0.6 is 0 Å². The number of terminal acetylenes is 1. The molecule has 0 amide bonds. The molecular weight excluding hydrogens is 192 g/mol. The van der Waals surface area contributed by atoms with Gasteiger partial charge in [0.25, 0.3) is 0 Å². The number of methoxy groups -OCH3 is 1. The Balaban J connectivity index is 2.82. The number of carbonyl (C=O) groups excluding carboxylic acids is 1. The molecule has 1 unspecified atom stereocenters. The number of ether oxygens (including phenoxy) is 1. The van der Waals surface area contributed by atoms with Crippen molar-refractivity contribution in [3.63, 3.8) is 0 Å². The summed E-state index contributed by atoms with van der Waals surface area (Å²) in [6, 6.07) is 2.99. The Labute approximate surface area is 88.7 Å². The first-order valence-electron chi connectivity index (χ1n) is 4.44. The number of hydrogen-bond acceptors (Lipinski definition) is 4. The van der Waals surface area contributed by atoms with Crippen molar-refractivity contribution in [2.45, 2.75) is 6.04 Å². The zero-order valence-electron chi connectivity index (χ0n) is 8.43.